The van der Waals surface area contributed by atoms with Crippen molar-refractivity contribution in [3.63, 3.8) is 0 Å². The third-order valence-electron chi connectivity index (χ3n) is 4.06. The Morgan fingerprint density at radius 1 is 1.07 bits per heavy atom. The SMILES string of the molecule is COc1ccc(/C=C/C(=O)Nc2cc(S(N)(=O)=O)cc(C)c2C)cc1OC. The molecule has 3 N–H and O–H groups in total. The highest BCUT2D eigenvalue weighted by atomic mass is 32.2. The summed E-state index contributed by atoms with van der Waals surface area (Å²) in [4.78, 5) is 12.2. The average Bonchev–Trinajstić information content (AvgIpc) is 2.62. The monoisotopic (exact) mass is 390 g/mol. The number of aryl methyl sites for hydroxylation is 1. The number of carbonyl (C=O) groups is 1. The molecule has 0 aliphatic rings. The largest absolute Gasteiger partial charge is 0.493 e. The smallest absolute Gasteiger partial charge is 0.248 e. The normalized spacial score (nSPS) is 11.4. The van der Waals surface area contributed by atoms with Gasteiger partial charge in [0.15, 0.2) is 11.5 Å². The van der Waals surface area contributed by atoms with E-state index in [-0.39, 0.29) is 4.90 Å². The molecule has 0 aliphatic heterocycles. The number of ether oxygens (including phenoxy) is 2. The molecular weight excluding hydrogens is 368 g/mol. The molecule has 27 heavy (non-hydrogen) atoms. The van der Waals surface area contributed by atoms with Crippen molar-refractivity contribution in [3.05, 3.63) is 53.1 Å². The molecule has 0 unspecified atom stereocenters. The maximum absolute atomic E-state index is 12.3. The Labute approximate surface area is 158 Å². The molecule has 8 heteroatoms. The van der Waals surface area contributed by atoms with Crippen molar-refractivity contribution in [2.75, 3.05) is 19.5 Å². The Balaban J connectivity index is 2.23. The van der Waals surface area contributed by atoms with Crippen molar-refractivity contribution in [1.29, 1.82) is 0 Å². The predicted octanol–water partition coefficient (Wildman–Crippen LogP) is 2.62. The van der Waals surface area contributed by atoms with E-state index in [9.17, 15) is 13.2 Å². The van der Waals surface area contributed by atoms with Gasteiger partial charge in [0.25, 0.3) is 0 Å². The van der Waals surface area contributed by atoms with Gasteiger partial charge in [-0.25, -0.2) is 13.6 Å². The topological polar surface area (TPSA) is 108 Å². The highest BCUT2D eigenvalue weighted by Gasteiger charge is 2.13. The van der Waals surface area contributed by atoms with Crippen LogP contribution in [0.5, 0.6) is 11.5 Å². The fraction of sp³-hybridized carbons (Fsp3) is 0.211. The van der Waals surface area contributed by atoms with Crippen molar-refractivity contribution < 1.29 is 22.7 Å². The molecule has 0 bridgehead atoms. The minimum absolute atomic E-state index is 0.0511. The van der Waals surface area contributed by atoms with E-state index in [0.29, 0.717) is 22.7 Å². The molecule has 0 spiro atoms. The molecule has 2 aromatic carbocycles. The van der Waals surface area contributed by atoms with Crippen molar-refractivity contribution in [2.45, 2.75) is 18.7 Å². The van der Waals surface area contributed by atoms with E-state index < -0.39 is 15.9 Å². The summed E-state index contributed by atoms with van der Waals surface area (Å²) in [7, 11) is -0.793. The van der Waals surface area contributed by atoms with Gasteiger partial charge >= 0.3 is 0 Å². The lowest BCUT2D eigenvalue weighted by molar-refractivity contribution is -0.111. The van der Waals surface area contributed by atoms with Crippen LogP contribution in [-0.2, 0) is 14.8 Å². The number of benzene rings is 2. The second-order valence-electron chi connectivity index (χ2n) is 5.89. The van der Waals surface area contributed by atoms with Crippen molar-refractivity contribution in [3.8, 4) is 11.5 Å². The Morgan fingerprint density at radius 2 is 1.74 bits per heavy atom. The average molecular weight is 390 g/mol. The zero-order chi connectivity index (χ0) is 20.2. The summed E-state index contributed by atoms with van der Waals surface area (Å²) in [6, 6.07) is 8.07. The van der Waals surface area contributed by atoms with Crippen LogP contribution in [0.2, 0.25) is 0 Å². The summed E-state index contributed by atoms with van der Waals surface area (Å²) in [5.41, 5.74) is 2.60. The van der Waals surface area contributed by atoms with Gasteiger partial charge in [-0.2, -0.15) is 0 Å². The quantitative estimate of drug-likeness (QED) is 0.737. The summed E-state index contributed by atoms with van der Waals surface area (Å²) in [6.45, 7) is 3.54. The molecule has 2 aromatic rings. The second-order valence-corrected chi connectivity index (χ2v) is 7.46. The van der Waals surface area contributed by atoms with E-state index in [2.05, 4.69) is 5.32 Å². The van der Waals surface area contributed by atoms with E-state index in [4.69, 9.17) is 14.6 Å². The Bertz CT molecular complexity index is 997. The fourth-order valence-corrected chi connectivity index (χ4v) is 3.05. The maximum atomic E-state index is 12.3. The fourth-order valence-electron chi connectivity index (χ4n) is 2.42. The molecule has 0 saturated heterocycles. The first-order valence-corrected chi connectivity index (χ1v) is 9.55. The molecular formula is C19H22N2O5S. The van der Waals surface area contributed by atoms with Crippen LogP contribution in [-0.4, -0.2) is 28.5 Å². The summed E-state index contributed by atoms with van der Waals surface area (Å²) in [5, 5.41) is 7.87. The number of nitrogens with two attached hydrogens (primary N) is 1. The molecule has 0 aromatic heterocycles. The zero-order valence-electron chi connectivity index (χ0n) is 15.6. The third kappa shape index (κ3) is 5.08. The third-order valence-corrected chi connectivity index (χ3v) is 4.95. The molecule has 0 heterocycles. The van der Waals surface area contributed by atoms with Crippen molar-refractivity contribution in [2.24, 2.45) is 5.14 Å². The van der Waals surface area contributed by atoms with Gasteiger partial charge in [0.2, 0.25) is 15.9 Å². The number of primary sulfonamides is 1. The summed E-state index contributed by atoms with van der Waals surface area (Å²) in [5.74, 6) is 0.733. The van der Waals surface area contributed by atoms with Crippen LogP contribution >= 0.6 is 0 Å². The van der Waals surface area contributed by atoms with E-state index in [1.54, 1.807) is 45.2 Å². The molecule has 2 rings (SSSR count). The number of rotatable bonds is 6. The van der Waals surface area contributed by atoms with Crippen LogP contribution in [0.15, 0.2) is 41.3 Å². The number of sulfonamides is 1. The van der Waals surface area contributed by atoms with E-state index in [0.717, 1.165) is 11.1 Å². The highest BCUT2D eigenvalue weighted by molar-refractivity contribution is 7.89. The molecule has 0 atom stereocenters. The van der Waals surface area contributed by atoms with E-state index >= 15 is 0 Å². The summed E-state index contributed by atoms with van der Waals surface area (Å²) in [6.07, 6.45) is 2.96. The second kappa shape index (κ2) is 8.24. The van der Waals surface area contributed by atoms with Crippen LogP contribution in [0, 0.1) is 13.8 Å². The predicted molar refractivity (Wildman–Crippen MR) is 104 cm³/mol. The molecule has 144 valence electrons. The van der Waals surface area contributed by atoms with Gasteiger partial charge in [-0.05, 0) is 60.9 Å². The number of hydrogen-bond acceptors (Lipinski definition) is 5. The number of methoxy groups -OCH3 is 2. The first-order valence-electron chi connectivity index (χ1n) is 8.01. The number of anilines is 1. The van der Waals surface area contributed by atoms with E-state index in [1.165, 1.54) is 25.3 Å². The summed E-state index contributed by atoms with van der Waals surface area (Å²) >= 11 is 0. The molecule has 7 nitrogen and oxygen atoms in total. The van der Waals surface area contributed by atoms with Crippen LogP contribution in [0.3, 0.4) is 0 Å². The lowest BCUT2D eigenvalue weighted by atomic mass is 10.1. The lowest BCUT2D eigenvalue weighted by Gasteiger charge is -2.11. The van der Waals surface area contributed by atoms with Gasteiger partial charge in [0.1, 0.15) is 0 Å². The maximum Gasteiger partial charge on any atom is 0.248 e. The van der Waals surface area contributed by atoms with Crippen LogP contribution in [0.4, 0.5) is 5.69 Å². The minimum atomic E-state index is -3.87. The molecule has 1 amide bonds. The van der Waals surface area contributed by atoms with Gasteiger partial charge < -0.3 is 14.8 Å². The highest BCUT2D eigenvalue weighted by Crippen LogP contribution is 2.28. The molecule has 0 fully saturated rings. The number of amides is 1. The van der Waals surface area contributed by atoms with Crippen LogP contribution in [0.1, 0.15) is 16.7 Å². The van der Waals surface area contributed by atoms with Gasteiger partial charge in [0.05, 0.1) is 19.1 Å². The minimum Gasteiger partial charge on any atom is -0.493 e. The molecule has 0 saturated carbocycles. The van der Waals surface area contributed by atoms with Gasteiger partial charge in [-0.3, -0.25) is 4.79 Å². The number of hydrogen-bond donors (Lipinski definition) is 2. The van der Waals surface area contributed by atoms with E-state index in [1.807, 2.05) is 0 Å². The first kappa shape index (κ1) is 20.5. The van der Waals surface area contributed by atoms with Crippen LogP contribution < -0.4 is 19.9 Å². The summed E-state index contributed by atoms with van der Waals surface area (Å²) < 4.78 is 33.6. The van der Waals surface area contributed by atoms with Gasteiger partial charge in [0, 0.05) is 11.8 Å². The van der Waals surface area contributed by atoms with Crippen LogP contribution in [0.25, 0.3) is 6.08 Å². The first-order chi connectivity index (χ1) is 12.7. The number of nitrogens with one attached hydrogen (secondary N) is 1. The van der Waals surface area contributed by atoms with Crippen molar-refractivity contribution in [1.82, 2.24) is 0 Å². The lowest BCUT2D eigenvalue weighted by Crippen LogP contribution is -2.15. The van der Waals surface area contributed by atoms with Gasteiger partial charge in [-0.15, -0.1) is 0 Å². The Kier molecular flexibility index (Phi) is 6.24. The van der Waals surface area contributed by atoms with Crippen molar-refractivity contribution >= 4 is 27.7 Å². The standard InChI is InChI=1S/C19H22N2O5S/c1-12-9-15(27(20,23)24)11-16(13(12)2)21-19(22)8-6-14-5-7-17(25-3)18(10-14)26-4/h5-11H,1-4H3,(H,21,22)(H2,20,23,24)/b8-6+. The number of carbonyl (C=O) groups excluding carboxylic acids is 1. The zero-order valence-corrected chi connectivity index (χ0v) is 16.4. The molecule has 0 radical (unpaired) electrons. The molecule has 0 aliphatic carbocycles. The van der Waals surface area contributed by atoms with Gasteiger partial charge in [-0.1, -0.05) is 6.07 Å². The Morgan fingerprint density at radius 3 is 2.33 bits per heavy atom. The Hall–Kier alpha value is -2.84.